The normalized spacial score (nSPS) is 19.5. The van der Waals surface area contributed by atoms with Gasteiger partial charge in [0.2, 0.25) is 0 Å². The third-order valence-corrected chi connectivity index (χ3v) is 9.16. The Kier molecular flexibility index (Phi) is 8.46. The molecule has 1 fully saturated rings. The highest BCUT2D eigenvalue weighted by Crippen LogP contribution is 2.40. The van der Waals surface area contributed by atoms with Gasteiger partial charge in [-0.05, 0) is 52.1 Å². The number of amides is 2. The Morgan fingerprint density at radius 1 is 0.783 bits per heavy atom. The van der Waals surface area contributed by atoms with Gasteiger partial charge in [0, 0.05) is 12.0 Å². The molecule has 4 aromatic carbocycles. The smallest absolute Gasteiger partial charge is 0.261 e. The van der Waals surface area contributed by atoms with Gasteiger partial charge in [-0.2, -0.15) is 0 Å². The van der Waals surface area contributed by atoms with Crippen LogP contribution in [0.2, 0.25) is 10.3 Å². The van der Waals surface area contributed by atoms with Gasteiger partial charge in [0.25, 0.3) is 11.8 Å². The Hall–Kier alpha value is -4.31. The summed E-state index contributed by atoms with van der Waals surface area (Å²) in [6.45, 7) is 0.573. The summed E-state index contributed by atoms with van der Waals surface area (Å²) in [7, 11) is 0. The second kappa shape index (κ2) is 12.8. The molecule has 10 heteroatoms. The van der Waals surface area contributed by atoms with Crippen LogP contribution in [0, 0.1) is 0 Å². The van der Waals surface area contributed by atoms with E-state index in [-0.39, 0.29) is 42.3 Å². The van der Waals surface area contributed by atoms with Crippen LogP contribution in [0.1, 0.15) is 61.8 Å². The maximum atomic E-state index is 13.0. The first-order chi connectivity index (χ1) is 22.4. The summed E-state index contributed by atoms with van der Waals surface area (Å²) in [5, 5.41) is 10.1. The van der Waals surface area contributed by atoms with Crippen LogP contribution in [-0.2, 0) is 29.2 Å². The lowest BCUT2D eigenvalue weighted by atomic mass is 9.98. The average molecular weight is 655 g/mol. The van der Waals surface area contributed by atoms with Crippen molar-refractivity contribution in [2.45, 2.75) is 44.6 Å². The fraction of sp³-hybridized carbons (Fsp3) is 0.194. The number of imide groups is 1. The maximum Gasteiger partial charge on any atom is 0.261 e. The van der Waals surface area contributed by atoms with Crippen molar-refractivity contribution in [3.63, 3.8) is 0 Å². The van der Waals surface area contributed by atoms with Crippen molar-refractivity contribution in [2.24, 2.45) is 0 Å². The van der Waals surface area contributed by atoms with Gasteiger partial charge in [0.05, 0.1) is 49.4 Å². The van der Waals surface area contributed by atoms with Crippen molar-refractivity contribution in [1.29, 1.82) is 0 Å². The summed E-state index contributed by atoms with van der Waals surface area (Å²) in [6.07, 6.45) is 0.942. The summed E-state index contributed by atoms with van der Waals surface area (Å²) in [5.74, 6) is -0.567. The van der Waals surface area contributed by atoms with E-state index < -0.39 is 6.29 Å². The Morgan fingerprint density at radius 2 is 1.48 bits per heavy atom. The number of carbonyl (C=O) groups excluding carboxylic acids is 2. The van der Waals surface area contributed by atoms with E-state index >= 15 is 0 Å². The van der Waals surface area contributed by atoms with Crippen LogP contribution < -0.4 is 0 Å². The van der Waals surface area contributed by atoms with Crippen LogP contribution in [0.5, 0.6) is 0 Å². The van der Waals surface area contributed by atoms with E-state index in [0.29, 0.717) is 29.2 Å². The molecule has 1 N–H and O–H groups in total. The highest BCUT2D eigenvalue weighted by molar-refractivity contribution is 6.40. The number of carbonyl (C=O) groups is 2. The Labute approximate surface area is 275 Å². The van der Waals surface area contributed by atoms with Gasteiger partial charge in [-0.1, -0.05) is 96.0 Å². The van der Waals surface area contributed by atoms with Gasteiger partial charge >= 0.3 is 0 Å². The van der Waals surface area contributed by atoms with E-state index in [1.54, 1.807) is 35.2 Å². The van der Waals surface area contributed by atoms with Crippen LogP contribution in [0.4, 0.5) is 0 Å². The molecule has 0 aliphatic carbocycles. The lowest BCUT2D eigenvalue weighted by Gasteiger charge is -2.36. The molecule has 0 saturated carbocycles. The lowest BCUT2D eigenvalue weighted by Crippen LogP contribution is -2.32. The highest BCUT2D eigenvalue weighted by atomic mass is 35.5. The molecule has 0 spiro atoms. The average Bonchev–Trinajstić information content (AvgIpc) is 3.54. The molecule has 2 aliphatic heterocycles. The summed E-state index contributed by atoms with van der Waals surface area (Å²) in [4.78, 5) is 31.3. The van der Waals surface area contributed by atoms with Gasteiger partial charge in [-0.3, -0.25) is 14.5 Å². The Balaban J connectivity index is 1.14. The SMILES string of the molecule is O=C1c2ccccc2C(=O)N1Cc1cccc(-c2cccc([C@H]3O[C@@H](Cn4cnc(Cl)c4Cl)C[C@@H](c4ccc(CO)cc4)O3)c2)c1. The van der Waals surface area contributed by atoms with Crippen LogP contribution in [-0.4, -0.2) is 37.5 Å². The Bertz CT molecular complexity index is 1890. The molecule has 1 saturated heterocycles. The standard InChI is InChI=1S/C36H29Cl2N3O5/c37-32-33(38)40(21-39-32)19-28-17-31(24-13-11-22(20-42)12-14-24)46-36(45-28)27-8-4-7-26(16-27)25-6-3-5-23(15-25)18-41-34(43)29-9-1-2-10-30(29)35(41)44/h1-16,21,28,31,36,42H,17-20H2/t28-,31+,36+/m1/s1. The fourth-order valence-electron chi connectivity index (χ4n) is 6.00. The molecule has 0 bridgehead atoms. The maximum absolute atomic E-state index is 13.0. The lowest BCUT2D eigenvalue weighted by molar-refractivity contribution is -0.252. The zero-order chi connectivity index (χ0) is 31.8. The molecular weight excluding hydrogens is 625 g/mol. The van der Waals surface area contributed by atoms with Crippen LogP contribution in [0.3, 0.4) is 0 Å². The van der Waals surface area contributed by atoms with Crippen molar-refractivity contribution >= 4 is 35.0 Å². The predicted molar refractivity (Wildman–Crippen MR) is 173 cm³/mol. The first kappa shape index (κ1) is 30.3. The zero-order valence-corrected chi connectivity index (χ0v) is 26.1. The molecule has 2 aliphatic rings. The quantitative estimate of drug-likeness (QED) is 0.176. The topological polar surface area (TPSA) is 93.9 Å². The number of rotatable bonds is 8. The molecule has 5 aromatic rings. The molecule has 8 nitrogen and oxygen atoms in total. The van der Waals surface area contributed by atoms with Crippen molar-refractivity contribution in [2.75, 3.05) is 0 Å². The number of nitrogens with zero attached hydrogens (tertiary/aromatic N) is 3. The molecule has 0 unspecified atom stereocenters. The second-order valence-corrected chi connectivity index (χ2v) is 12.1. The number of imidazole rings is 1. The van der Waals surface area contributed by atoms with Crippen molar-refractivity contribution in [1.82, 2.24) is 14.5 Å². The van der Waals surface area contributed by atoms with Crippen molar-refractivity contribution in [3.8, 4) is 11.1 Å². The van der Waals surface area contributed by atoms with Crippen LogP contribution in [0.15, 0.2) is 103 Å². The molecule has 3 heterocycles. The van der Waals surface area contributed by atoms with E-state index in [0.717, 1.165) is 33.4 Å². The largest absolute Gasteiger partial charge is 0.392 e. The molecule has 7 rings (SSSR count). The Morgan fingerprint density at radius 3 is 2.15 bits per heavy atom. The summed E-state index contributed by atoms with van der Waals surface area (Å²) in [5.41, 5.74) is 6.20. The number of benzene rings is 4. The van der Waals surface area contributed by atoms with Gasteiger partial charge in [0.1, 0.15) is 5.15 Å². The number of aliphatic hydroxyl groups is 1. The van der Waals surface area contributed by atoms with E-state index in [9.17, 15) is 14.7 Å². The second-order valence-electron chi connectivity index (χ2n) is 11.4. The van der Waals surface area contributed by atoms with E-state index in [1.807, 2.05) is 72.8 Å². The molecule has 3 atom stereocenters. The van der Waals surface area contributed by atoms with Crippen molar-refractivity contribution < 1.29 is 24.2 Å². The van der Waals surface area contributed by atoms with Crippen LogP contribution in [0.25, 0.3) is 11.1 Å². The minimum atomic E-state index is -0.680. The number of hydrogen-bond acceptors (Lipinski definition) is 6. The van der Waals surface area contributed by atoms with E-state index in [4.69, 9.17) is 32.7 Å². The summed E-state index contributed by atoms with van der Waals surface area (Å²) in [6, 6.07) is 30.4. The van der Waals surface area contributed by atoms with Crippen molar-refractivity contribution in [3.05, 3.63) is 147 Å². The third-order valence-electron chi connectivity index (χ3n) is 8.39. The molecule has 232 valence electrons. The number of aromatic nitrogens is 2. The number of ether oxygens (including phenoxy) is 2. The monoisotopic (exact) mass is 653 g/mol. The van der Waals surface area contributed by atoms with Gasteiger partial charge in [-0.25, -0.2) is 4.98 Å². The van der Waals surface area contributed by atoms with E-state index in [1.165, 1.54) is 4.90 Å². The first-order valence-corrected chi connectivity index (χ1v) is 15.6. The predicted octanol–water partition coefficient (Wildman–Crippen LogP) is 7.39. The van der Waals surface area contributed by atoms with Gasteiger partial charge < -0.3 is 19.1 Å². The fourth-order valence-corrected chi connectivity index (χ4v) is 6.32. The minimum absolute atomic E-state index is 0.0354. The summed E-state index contributed by atoms with van der Waals surface area (Å²) < 4.78 is 14.8. The minimum Gasteiger partial charge on any atom is -0.392 e. The number of halogens is 2. The van der Waals surface area contributed by atoms with Gasteiger partial charge in [0.15, 0.2) is 11.4 Å². The number of fused-ring (bicyclic) bond motifs is 1. The summed E-state index contributed by atoms with van der Waals surface area (Å²) >= 11 is 12.5. The highest BCUT2D eigenvalue weighted by Gasteiger charge is 2.35. The van der Waals surface area contributed by atoms with Gasteiger partial charge in [-0.15, -0.1) is 0 Å². The third kappa shape index (κ3) is 5.98. The molecule has 2 amide bonds. The first-order valence-electron chi connectivity index (χ1n) is 14.9. The molecule has 0 radical (unpaired) electrons. The van der Waals surface area contributed by atoms with E-state index in [2.05, 4.69) is 4.98 Å². The number of hydrogen-bond donors (Lipinski definition) is 1. The number of aliphatic hydroxyl groups excluding tert-OH is 1. The molecule has 46 heavy (non-hydrogen) atoms. The zero-order valence-electron chi connectivity index (χ0n) is 24.6. The van der Waals surface area contributed by atoms with Crippen LogP contribution >= 0.6 is 23.2 Å². The molecular formula is C36H29Cl2N3O5. The molecule has 1 aromatic heterocycles.